The number of anilines is 1. The fourth-order valence-corrected chi connectivity index (χ4v) is 3.00. The first-order valence-corrected chi connectivity index (χ1v) is 9.18. The first-order valence-electron chi connectivity index (χ1n) is 9.18. The highest BCUT2D eigenvalue weighted by Crippen LogP contribution is 2.33. The van der Waals surface area contributed by atoms with Gasteiger partial charge in [0.25, 0.3) is 5.91 Å². The van der Waals surface area contributed by atoms with Gasteiger partial charge in [-0.3, -0.25) is 4.79 Å². The molecule has 3 aromatic carbocycles. The van der Waals surface area contributed by atoms with E-state index in [4.69, 9.17) is 9.15 Å². The summed E-state index contributed by atoms with van der Waals surface area (Å²) in [5.74, 6) is 0.659. The van der Waals surface area contributed by atoms with E-state index in [0.29, 0.717) is 28.1 Å². The summed E-state index contributed by atoms with van der Waals surface area (Å²) in [5, 5.41) is 13.0. The van der Waals surface area contributed by atoms with Crippen LogP contribution >= 0.6 is 0 Å². The standard InChI is InChI=1S/C23H20N2O4/c1-14-7-10-21-18(11-14)25-23(29-21)17-12-16(8-9-19(17)26)24-22(27)13-28-20-6-4-3-5-15(20)2/h3-12,26H,13H2,1-2H3,(H,24,27). The lowest BCUT2D eigenvalue weighted by molar-refractivity contribution is -0.118. The topological polar surface area (TPSA) is 84.6 Å². The Labute approximate surface area is 167 Å². The van der Waals surface area contributed by atoms with Gasteiger partial charge in [0.15, 0.2) is 12.2 Å². The number of hydrogen-bond donors (Lipinski definition) is 2. The molecule has 6 nitrogen and oxygen atoms in total. The molecule has 0 fully saturated rings. The Hall–Kier alpha value is -3.80. The first kappa shape index (κ1) is 18.6. The number of nitrogens with zero attached hydrogens (tertiary/aromatic N) is 1. The van der Waals surface area contributed by atoms with Crippen molar-refractivity contribution in [2.75, 3.05) is 11.9 Å². The second-order valence-corrected chi connectivity index (χ2v) is 6.82. The quantitative estimate of drug-likeness (QED) is 0.478. The van der Waals surface area contributed by atoms with Gasteiger partial charge in [-0.05, 0) is 61.4 Å². The summed E-state index contributed by atoms with van der Waals surface area (Å²) >= 11 is 0. The minimum Gasteiger partial charge on any atom is -0.507 e. The Morgan fingerprint density at radius 2 is 1.93 bits per heavy atom. The van der Waals surface area contributed by atoms with Gasteiger partial charge in [-0.25, -0.2) is 4.98 Å². The van der Waals surface area contributed by atoms with Crippen LogP contribution in [0.15, 0.2) is 65.1 Å². The largest absolute Gasteiger partial charge is 0.507 e. The molecule has 0 aliphatic heterocycles. The summed E-state index contributed by atoms with van der Waals surface area (Å²) < 4.78 is 11.3. The van der Waals surface area contributed by atoms with Crippen molar-refractivity contribution in [1.82, 2.24) is 4.98 Å². The normalized spacial score (nSPS) is 10.8. The summed E-state index contributed by atoms with van der Waals surface area (Å²) in [4.78, 5) is 16.7. The van der Waals surface area contributed by atoms with E-state index >= 15 is 0 Å². The fourth-order valence-electron chi connectivity index (χ4n) is 3.00. The van der Waals surface area contributed by atoms with Crippen molar-refractivity contribution in [2.24, 2.45) is 0 Å². The lowest BCUT2D eigenvalue weighted by Gasteiger charge is -2.10. The minimum absolute atomic E-state index is 0.0161. The van der Waals surface area contributed by atoms with Crippen LogP contribution < -0.4 is 10.1 Å². The van der Waals surface area contributed by atoms with E-state index in [1.165, 1.54) is 6.07 Å². The van der Waals surface area contributed by atoms with Crippen molar-refractivity contribution in [3.63, 3.8) is 0 Å². The number of ether oxygens (including phenoxy) is 1. The van der Waals surface area contributed by atoms with Gasteiger partial charge < -0.3 is 19.6 Å². The van der Waals surface area contributed by atoms with E-state index in [-0.39, 0.29) is 24.2 Å². The van der Waals surface area contributed by atoms with Gasteiger partial charge in [0.2, 0.25) is 5.89 Å². The number of fused-ring (bicyclic) bond motifs is 1. The van der Waals surface area contributed by atoms with Gasteiger partial charge >= 0.3 is 0 Å². The number of benzene rings is 3. The maximum atomic E-state index is 12.3. The van der Waals surface area contributed by atoms with Crippen LogP contribution in [0.25, 0.3) is 22.6 Å². The lowest BCUT2D eigenvalue weighted by Crippen LogP contribution is -2.20. The average molecular weight is 388 g/mol. The van der Waals surface area contributed by atoms with Crippen molar-refractivity contribution in [1.29, 1.82) is 0 Å². The second kappa shape index (κ2) is 7.67. The molecule has 146 valence electrons. The predicted octanol–water partition coefficient (Wildman–Crippen LogP) is 4.83. The number of phenols is 1. The van der Waals surface area contributed by atoms with E-state index < -0.39 is 0 Å². The zero-order valence-electron chi connectivity index (χ0n) is 16.1. The van der Waals surface area contributed by atoms with Crippen LogP contribution in [0, 0.1) is 13.8 Å². The number of rotatable bonds is 5. The molecule has 4 rings (SSSR count). The molecule has 0 bridgehead atoms. The highest BCUT2D eigenvalue weighted by Gasteiger charge is 2.14. The van der Waals surface area contributed by atoms with E-state index in [2.05, 4.69) is 10.3 Å². The van der Waals surface area contributed by atoms with E-state index in [0.717, 1.165) is 11.1 Å². The van der Waals surface area contributed by atoms with Gasteiger partial charge in [-0.2, -0.15) is 0 Å². The second-order valence-electron chi connectivity index (χ2n) is 6.82. The van der Waals surface area contributed by atoms with Gasteiger partial charge in [0, 0.05) is 5.69 Å². The molecule has 29 heavy (non-hydrogen) atoms. The van der Waals surface area contributed by atoms with Crippen LogP contribution in [-0.4, -0.2) is 22.6 Å². The predicted molar refractivity (Wildman–Crippen MR) is 111 cm³/mol. The van der Waals surface area contributed by atoms with Crippen LogP contribution in [0.5, 0.6) is 11.5 Å². The SMILES string of the molecule is Cc1ccc2oc(-c3cc(NC(=O)COc4ccccc4C)ccc3O)nc2c1. The molecule has 0 saturated heterocycles. The van der Waals surface area contributed by atoms with Crippen LogP contribution in [-0.2, 0) is 4.79 Å². The molecular formula is C23H20N2O4. The Kier molecular flexibility index (Phi) is 4.91. The Bertz CT molecular complexity index is 1200. The summed E-state index contributed by atoms with van der Waals surface area (Å²) in [7, 11) is 0. The number of para-hydroxylation sites is 1. The van der Waals surface area contributed by atoms with Gasteiger partial charge in [0.1, 0.15) is 17.0 Å². The lowest BCUT2D eigenvalue weighted by atomic mass is 10.1. The van der Waals surface area contributed by atoms with Crippen molar-refractivity contribution in [3.8, 4) is 23.0 Å². The van der Waals surface area contributed by atoms with Crippen LogP contribution in [0.4, 0.5) is 5.69 Å². The van der Waals surface area contributed by atoms with Crippen LogP contribution in [0.2, 0.25) is 0 Å². The average Bonchev–Trinajstić information content (AvgIpc) is 3.11. The number of aromatic nitrogens is 1. The molecule has 6 heteroatoms. The molecule has 0 saturated carbocycles. The third kappa shape index (κ3) is 4.06. The summed E-state index contributed by atoms with van der Waals surface area (Å²) in [6.45, 7) is 3.77. The molecule has 0 spiro atoms. The van der Waals surface area contributed by atoms with Gasteiger partial charge in [-0.1, -0.05) is 24.3 Å². The maximum absolute atomic E-state index is 12.3. The molecule has 1 amide bonds. The number of carbonyl (C=O) groups is 1. The number of aryl methyl sites for hydroxylation is 2. The molecule has 0 unspecified atom stereocenters. The third-order valence-corrected chi connectivity index (χ3v) is 4.51. The molecule has 1 aromatic heterocycles. The molecular weight excluding hydrogens is 368 g/mol. The zero-order chi connectivity index (χ0) is 20.4. The van der Waals surface area contributed by atoms with Gasteiger partial charge in [0.05, 0.1) is 5.56 Å². The molecule has 0 aliphatic rings. The number of carbonyl (C=O) groups excluding carboxylic acids is 1. The molecule has 1 heterocycles. The Balaban J connectivity index is 1.51. The summed E-state index contributed by atoms with van der Waals surface area (Å²) in [6, 6.07) is 17.9. The van der Waals surface area contributed by atoms with Crippen molar-refractivity contribution < 1.29 is 19.1 Å². The highest BCUT2D eigenvalue weighted by atomic mass is 16.5. The molecule has 4 aromatic rings. The summed E-state index contributed by atoms with van der Waals surface area (Å²) in [5.41, 5.74) is 4.27. The van der Waals surface area contributed by atoms with Crippen molar-refractivity contribution in [3.05, 3.63) is 71.8 Å². The zero-order valence-corrected chi connectivity index (χ0v) is 16.1. The van der Waals surface area contributed by atoms with E-state index in [1.807, 2.05) is 56.3 Å². The van der Waals surface area contributed by atoms with Crippen molar-refractivity contribution in [2.45, 2.75) is 13.8 Å². The fraction of sp³-hybridized carbons (Fsp3) is 0.130. The number of amides is 1. The maximum Gasteiger partial charge on any atom is 0.262 e. The number of phenolic OH excluding ortho intramolecular Hbond substituents is 1. The van der Waals surface area contributed by atoms with E-state index in [1.54, 1.807) is 12.1 Å². The number of aromatic hydroxyl groups is 1. The molecule has 0 radical (unpaired) electrons. The summed E-state index contributed by atoms with van der Waals surface area (Å²) in [6.07, 6.45) is 0. The minimum atomic E-state index is -0.307. The molecule has 0 atom stereocenters. The number of nitrogens with one attached hydrogen (secondary N) is 1. The Morgan fingerprint density at radius 3 is 2.76 bits per heavy atom. The number of oxazole rings is 1. The smallest absolute Gasteiger partial charge is 0.262 e. The van der Waals surface area contributed by atoms with Crippen LogP contribution in [0.3, 0.4) is 0 Å². The molecule has 2 N–H and O–H groups in total. The van der Waals surface area contributed by atoms with E-state index in [9.17, 15) is 9.90 Å². The Morgan fingerprint density at radius 1 is 1.10 bits per heavy atom. The third-order valence-electron chi connectivity index (χ3n) is 4.51. The monoisotopic (exact) mass is 388 g/mol. The highest BCUT2D eigenvalue weighted by molar-refractivity contribution is 5.93. The van der Waals surface area contributed by atoms with Crippen molar-refractivity contribution >= 4 is 22.7 Å². The van der Waals surface area contributed by atoms with Gasteiger partial charge in [-0.15, -0.1) is 0 Å². The molecule has 0 aliphatic carbocycles. The number of hydrogen-bond acceptors (Lipinski definition) is 5. The first-order chi connectivity index (χ1) is 14.0. The van der Waals surface area contributed by atoms with Crippen LogP contribution in [0.1, 0.15) is 11.1 Å².